The predicted molar refractivity (Wildman–Crippen MR) is 125 cm³/mol. The average Bonchev–Trinajstić information content (AvgIpc) is 3.02. The third kappa shape index (κ3) is 2.50. The van der Waals surface area contributed by atoms with Crippen molar-refractivity contribution in [3.05, 3.63) is 12.7 Å². The van der Waals surface area contributed by atoms with E-state index in [4.69, 9.17) is 0 Å². The van der Waals surface area contributed by atoms with Crippen LogP contribution in [0, 0.1) is 63.1 Å². The molecule has 5 aliphatic carbocycles. The molecule has 0 heteroatoms. The van der Waals surface area contributed by atoms with Crippen LogP contribution in [-0.4, -0.2) is 0 Å². The molecule has 0 aromatic carbocycles. The first kappa shape index (κ1) is 20.6. The van der Waals surface area contributed by atoms with Gasteiger partial charge in [-0.25, -0.2) is 0 Å². The van der Waals surface area contributed by atoms with Crippen LogP contribution >= 0.6 is 0 Å². The fourth-order valence-corrected chi connectivity index (χ4v) is 11.2. The van der Waals surface area contributed by atoms with Gasteiger partial charge in [0.25, 0.3) is 0 Å². The second kappa shape index (κ2) is 6.38. The monoisotopic (exact) mass is 396 g/mol. The van der Waals surface area contributed by atoms with Gasteiger partial charge in [-0.1, -0.05) is 47.6 Å². The SMILES string of the molecule is C=CC12CCC(C)C1C1CCC3C(C)(CCC4C(C)(C)C(C)CCC43C)C1CC2. The van der Waals surface area contributed by atoms with Crippen molar-refractivity contribution in [3.8, 4) is 0 Å². The molecule has 5 saturated carbocycles. The van der Waals surface area contributed by atoms with Gasteiger partial charge in [0.05, 0.1) is 0 Å². The summed E-state index contributed by atoms with van der Waals surface area (Å²) < 4.78 is 0. The van der Waals surface area contributed by atoms with Gasteiger partial charge < -0.3 is 0 Å². The molecule has 0 aliphatic heterocycles. The van der Waals surface area contributed by atoms with E-state index in [0.717, 1.165) is 41.4 Å². The molecule has 5 fully saturated rings. The molecular formula is C29H48. The highest BCUT2D eigenvalue weighted by Gasteiger charge is 2.66. The van der Waals surface area contributed by atoms with Crippen LogP contribution in [0.15, 0.2) is 12.7 Å². The Labute approximate surface area is 181 Å². The molecule has 0 amide bonds. The first-order valence-corrected chi connectivity index (χ1v) is 13.2. The van der Waals surface area contributed by atoms with Crippen molar-refractivity contribution in [2.75, 3.05) is 0 Å². The molecule has 0 N–H and O–H groups in total. The van der Waals surface area contributed by atoms with Gasteiger partial charge >= 0.3 is 0 Å². The molecule has 5 rings (SSSR count). The lowest BCUT2D eigenvalue weighted by Crippen LogP contribution is -2.62. The standard InChI is InChI=1S/C29H48/c1-8-29-17-11-19(2)25(29)21-9-10-24-27(6,22(21)13-18-29)16-14-23-26(4,5)20(3)12-15-28(23,24)7/h8,19-25H,1,9-18H2,2-7H3. The highest BCUT2D eigenvalue weighted by molar-refractivity contribution is 5.17. The summed E-state index contributed by atoms with van der Waals surface area (Å²) in [6, 6.07) is 0. The van der Waals surface area contributed by atoms with E-state index >= 15 is 0 Å². The average molecular weight is 397 g/mol. The van der Waals surface area contributed by atoms with E-state index in [-0.39, 0.29) is 0 Å². The Bertz CT molecular complexity index is 674. The largest absolute Gasteiger partial charge is 0.103 e. The predicted octanol–water partition coefficient (Wildman–Crippen LogP) is 8.52. The lowest BCUT2D eigenvalue weighted by atomic mass is 9.35. The number of hydrogen-bond donors (Lipinski definition) is 0. The van der Waals surface area contributed by atoms with Gasteiger partial charge in [0.2, 0.25) is 0 Å². The Morgan fingerprint density at radius 2 is 1.41 bits per heavy atom. The molecule has 164 valence electrons. The maximum atomic E-state index is 4.38. The second-order valence-corrected chi connectivity index (χ2v) is 13.8. The first-order chi connectivity index (χ1) is 13.6. The zero-order valence-electron chi connectivity index (χ0n) is 20.4. The molecule has 0 aromatic heterocycles. The van der Waals surface area contributed by atoms with Crippen LogP contribution in [0.2, 0.25) is 0 Å². The Balaban J connectivity index is 1.50. The summed E-state index contributed by atoms with van der Waals surface area (Å²) in [6.45, 7) is 20.3. The van der Waals surface area contributed by atoms with Gasteiger partial charge in [0, 0.05) is 0 Å². The molecule has 10 unspecified atom stereocenters. The first-order valence-electron chi connectivity index (χ1n) is 13.2. The highest BCUT2D eigenvalue weighted by Crippen LogP contribution is 2.73. The molecular weight excluding hydrogens is 348 g/mol. The van der Waals surface area contributed by atoms with Crippen molar-refractivity contribution >= 4 is 0 Å². The Morgan fingerprint density at radius 3 is 2.14 bits per heavy atom. The van der Waals surface area contributed by atoms with Crippen LogP contribution in [0.1, 0.15) is 106 Å². The second-order valence-electron chi connectivity index (χ2n) is 13.8. The molecule has 0 heterocycles. The summed E-state index contributed by atoms with van der Waals surface area (Å²) in [5.41, 5.74) is 2.20. The van der Waals surface area contributed by atoms with Crippen LogP contribution in [0.4, 0.5) is 0 Å². The van der Waals surface area contributed by atoms with Crippen LogP contribution in [-0.2, 0) is 0 Å². The quantitative estimate of drug-likeness (QED) is 0.390. The van der Waals surface area contributed by atoms with Gasteiger partial charge in [-0.05, 0) is 127 Å². The molecule has 5 aliphatic rings. The van der Waals surface area contributed by atoms with E-state index in [9.17, 15) is 0 Å². The molecule has 0 radical (unpaired) electrons. The maximum absolute atomic E-state index is 4.38. The summed E-state index contributed by atoms with van der Waals surface area (Å²) >= 11 is 0. The van der Waals surface area contributed by atoms with E-state index in [2.05, 4.69) is 54.2 Å². The number of rotatable bonds is 1. The van der Waals surface area contributed by atoms with Gasteiger partial charge in [-0.3, -0.25) is 0 Å². The lowest BCUT2D eigenvalue weighted by Gasteiger charge is -2.69. The van der Waals surface area contributed by atoms with Crippen molar-refractivity contribution in [2.45, 2.75) is 106 Å². The fraction of sp³-hybridized carbons (Fsp3) is 0.931. The fourth-order valence-electron chi connectivity index (χ4n) is 11.2. The Hall–Kier alpha value is -0.260. The molecule has 29 heavy (non-hydrogen) atoms. The minimum atomic E-state index is 0.493. The van der Waals surface area contributed by atoms with E-state index in [1.165, 1.54) is 64.2 Å². The van der Waals surface area contributed by atoms with Crippen molar-refractivity contribution in [1.82, 2.24) is 0 Å². The summed E-state index contributed by atoms with van der Waals surface area (Å²) in [5, 5.41) is 0. The Kier molecular flexibility index (Phi) is 4.54. The number of allylic oxidation sites excluding steroid dienone is 1. The van der Waals surface area contributed by atoms with E-state index in [1.807, 2.05) is 0 Å². The topological polar surface area (TPSA) is 0 Å². The third-order valence-electron chi connectivity index (χ3n) is 12.9. The zero-order valence-corrected chi connectivity index (χ0v) is 20.4. The molecule has 0 bridgehead atoms. The van der Waals surface area contributed by atoms with Gasteiger partial charge in [0.1, 0.15) is 0 Å². The zero-order chi connectivity index (χ0) is 20.8. The minimum Gasteiger partial charge on any atom is -0.103 e. The minimum absolute atomic E-state index is 0.493. The smallest absolute Gasteiger partial charge is 0.00872 e. The van der Waals surface area contributed by atoms with Gasteiger partial charge in [-0.2, -0.15) is 0 Å². The summed E-state index contributed by atoms with van der Waals surface area (Å²) in [5.74, 6) is 6.62. The third-order valence-corrected chi connectivity index (χ3v) is 12.9. The summed E-state index contributed by atoms with van der Waals surface area (Å²) in [6.07, 6.45) is 17.2. The highest BCUT2D eigenvalue weighted by atomic mass is 14.7. The normalized spacial score (nSPS) is 58.5. The van der Waals surface area contributed by atoms with E-state index < -0.39 is 0 Å². The molecule has 0 aromatic rings. The van der Waals surface area contributed by atoms with E-state index in [1.54, 1.807) is 0 Å². The van der Waals surface area contributed by atoms with Crippen LogP contribution in [0.3, 0.4) is 0 Å². The summed E-state index contributed by atoms with van der Waals surface area (Å²) in [7, 11) is 0. The maximum Gasteiger partial charge on any atom is -0.00872 e. The molecule has 10 atom stereocenters. The van der Waals surface area contributed by atoms with Crippen molar-refractivity contribution in [3.63, 3.8) is 0 Å². The van der Waals surface area contributed by atoms with Crippen LogP contribution < -0.4 is 0 Å². The Morgan fingerprint density at radius 1 is 0.724 bits per heavy atom. The number of fused-ring (bicyclic) bond motifs is 7. The molecule has 0 nitrogen and oxygen atoms in total. The van der Waals surface area contributed by atoms with Gasteiger partial charge in [0.15, 0.2) is 0 Å². The van der Waals surface area contributed by atoms with Crippen molar-refractivity contribution in [2.24, 2.45) is 63.1 Å². The lowest BCUT2D eigenvalue weighted by molar-refractivity contribution is -0.203. The van der Waals surface area contributed by atoms with Gasteiger partial charge in [-0.15, -0.1) is 6.58 Å². The molecule has 0 saturated heterocycles. The van der Waals surface area contributed by atoms with E-state index in [0.29, 0.717) is 21.7 Å². The molecule has 0 spiro atoms. The van der Waals surface area contributed by atoms with Crippen molar-refractivity contribution in [1.29, 1.82) is 0 Å². The van der Waals surface area contributed by atoms with Crippen molar-refractivity contribution < 1.29 is 0 Å². The number of hydrogen-bond acceptors (Lipinski definition) is 0. The van der Waals surface area contributed by atoms with Crippen LogP contribution in [0.5, 0.6) is 0 Å². The summed E-state index contributed by atoms with van der Waals surface area (Å²) in [4.78, 5) is 0. The van der Waals surface area contributed by atoms with Crippen LogP contribution in [0.25, 0.3) is 0 Å².